The van der Waals surface area contributed by atoms with Gasteiger partial charge < -0.3 is 19.9 Å². The van der Waals surface area contributed by atoms with Crippen molar-refractivity contribution >= 4 is 29.2 Å². The lowest BCUT2D eigenvalue weighted by Gasteiger charge is -2.33. The number of nitrogens with zero attached hydrogens (tertiary/aromatic N) is 3. The SMILES string of the molecule is CCOC(=O)N1CCN(C(=O)c2ccc(Nc3cccc(C(C)=O)c3)cn2)CC1. The van der Waals surface area contributed by atoms with Gasteiger partial charge in [-0.15, -0.1) is 0 Å². The Morgan fingerprint density at radius 2 is 1.76 bits per heavy atom. The smallest absolute Gasteiger partial charge is 0.409 e. The Morgan fingerprint density at radius 3 is 2.38 bits per heavy atom. The number of carbonyl (C=O) groups excluding carboxylic acids is 3. The van der Waals surface area contributed by atoms with Crippen LogP contribution >= 0.6 is 0 Å². The molecule has 8 heteroatoms. The van der Waals surface area contributed by atoms with Gasteiger partial charge in [-0.1, -0.05) is 12.1 Å². The average molecular weight is 396 g/mol. The number of ketones is 1. The predicted molar refractivity (Wildman–Crippen MR) is 108 cm³/mol. The van der Waals surface area contributed by atoms with Crippen LogP contribution in [0.2, 0.25) is 0 Å². The minimum atomic E-state index is -0.345. The lowest BCUT2D eigenvalue weighted by molar-refractivity contribution is 0.0566. The summed E-state index contributed by atoms with van der Waals surface area (Å²) in [6, 6.07) is 10.6. The third-order valence-corrected chi connectivity index (χ3v) is 4.63. The van der Waals surface area contributed by atoms with E-state index in [9.17, 15) is 14.4 Å². The first-order chi connectivity index (χ1) is 14.0. The number of rotatable bonds is 5. The third kappa shape index (κ3) is 5.10. The number of benzene rings is 1. The van der Waals surface area contributed by atoms with E-state index < -0.39 is 0 Å². The molecule has 3 rings (SSSR count). The highest BCUT2D eigenvalue weighted by Crippen LogP contribution is 2.18. The molecule has 0 unspecified atom stereocenters. The molecule has 1 aliphatic rings. The number of hydrogen-bond donors (Lipinski definition) is 1. The minimum absolute atomic E-state index is 0.00391. The first-order valence-electron chi connectivity index (χ1n) is 9.53. The van der Waals surface area contributed by atoms with Gasteiger partial charge in [0.2, 0.25) is 0 Å². The van der Waals surface area contributed by atoms with Gasteiger partial charge >= 0.3 is 6.09 Å². The van der Waals surface area contributed by atoms with Crippen molar-refractivity contribution in [3.8, 4) is 0 Å². The summed E-state index contributed by atoms with van der Waals surface area (Å²) in [6.07, 6.45) is 1.24. The molecule has 1 saturated heterocycles. The Morgan fingerprint density at radius 1 is 1.03 bits per heavy atom. The van der Waals surface area contributed by atoms with Gasteiger partial charge in [-0.2, -0.15) is 0 Å². The van der Waals surface area contributed by atoms with E-state index in [1.54, 1.807) is 53.3 Å². The molecule has 1 N–H and O–H groups in total. The molecule has 29 heavy (non-hydrogen) atoms. The molecule has 1 aromatic carbocycles. The Bertz CT molecular complexity index is 890. The summed E-state index contributed by atoms with van der Waals surface area (Å²) in [7, 11) is 0. The van der Waals surface area contributed by atoms with E-state index in [1.807, 2.05) is 6.07 Å². The molecule has 2 heterocycles. The van der Waals surface area contributed by atoms with Crippen LogP contribution < -0.4 is 5.32 Å². The number of pyridine rings is 1. The zero-order valence-electron chi connectivity index (χ0n) is 16.6. The Labute approximate surface area is 169 Å². The van der Waals surface area contributed by atoms with Crippen LogP contribution in [0.25, 0.3) is 0 Å². The van der Waals surface area contributed by atoms with Gasteiger partial charge in [0.05, 0.1) is 18.5 Å². The van der Waals surface area contributed by atoms with E-state index in [1.165, 1.54) is 6.92 Å². The topological polar surface area (TPSA) is 91.8 Å². The summed E-state index contributed by atoms with van der Waals surface area (Å²) >= 11 is 0. The average Bonchev–Trinajstić information content (AvgIpc) is 2.74. The van der Waals surface area contributed by atoms with E-state index in [0.717, 1.165) is 11.4 Å². The fourth-order valence-electron chi connectivity index (χ4n) is 3.05. The number of anilines is 2. The van der Waals surface area contributed by atoms with Crippen LogP contribution in [0.4, 0.5) is 16.2 Å². The van der Waals surface area contributed by atoms with E-state index in [0.29, 0.717) is 44.0 Å². The quantitative estimate of drug-likeness (QED) is 0.782. The number of ether oxygens (including phenoxy) is 1. The molecule has 0 spiro atoms. The molecule has 1 aromatic heterocycles. The van der Waals surface area contributed by atoms with Crippen LogP contribution in [0.15, 0.2) is 42.6 Å². The first kappa shape index (κ1) is 20.3. The number of carbonyl (C=O) groups is 3. The number of hydrogen-bond acceptors (Lipinski definition) is 6. The normalized spacial score (nSPS) is 13.7. The van der Waals surface area contributed by atoms with E-state index >= 15 is 0 Å². The molecule has 152 valence electrons. The van der Waals surface area contributed by atoms with Gasteiger partial charge in [0.25, 0.3) is 5.91 Å². The lowest BCUT2D eigenvalue weighted by atomic mass is 10.1. The van der Waals surface area contributed by atoms with Gasteiger partial charge in [0.15, 0.2) is 5.78 Å². The van der Waals surface area contributed by atoms with Crippen molar-refractivity contribution in [2.75, 3.05) is 38.1 Å². The summed E-state index contributed by atoms with van der Waals surface area (Å²) < 4.78 is 4.99. The molecular formula is C21H24N4O4. The second-order valence-corrected chi connectivity index (χ2v) is 6.67. The maximum atomic E-state index is 12.7. The fraction of sp³-hybridized carbons (Fsp3) is 0.333. The number of aromatic nitrogens is 1. The summed E-state index contributed by atoms with van der Waals surface area (Å²) in [4.78, 5) is 43.5. The Hall–Kier alpha value is -3.42. The van der Waals surface area contributed by atoms with Crippen molar-refractivity contribution in [3.05, 3.63) is 53.9 Å². The van der Waals surface area contributed by atoms with Gasteiger partial charge in [-0.05, 0) is 38.1 Å². The van der Waals surface area contributed by atoms with Crippen molar-refractivity contribution in [2.24, 2.45) is 0 Å². The maximum Gasteiger partial charge on any atom is 0.409 e. The minimum Gasteiger partial charge on any atom is -0.450 e. The molecule has 0 radical (unpaired) electrons. The standard InChI is InChI=1S/C21H24N4O4/c1-3-29-21(28)25-11-9-24(10-12-25)20(27)19-8-7-18(14-22-19)23-17-6-4-5-16(13-17)15(2)26/h4-8,13-14,23H,3,9-12H2,1-2H3. The van der Waals surface area contributed by atoms with Gasteiger partial charge in [-0.3, -0.25) is 9.59 Å². The Kier molecular flexibility index (Phi) is 6.43. The number of nitrogens with one attached hydrogen (secondary N) is 1. The van der Waals surface area contributed by atoms with Crippen LogP contribution in [-0.2, 0) is 4.74 Å². The number of amides is 2. The zero-order valence-corrected chi connectivity index (χ0v) is 16.6. The van der Waals surface area contributed by atoms with Crippen molar-refractivity contribution in [2.45, 2.75) is 13.8 Å². The van der Waals surface area contributed by atoms with Crippen molar-refractivity contribution in [1.29, 1.82) is 0 Å². The summed E-state index contributed by atoms with van der Waals surface area (Å²) in [5.41, 5.74) is 2.46. The van der Waals surface area contributed by atoms with Crippen LogP contribution in [0.3, 0.4) is 0 Å². The molecule has 2 aromatic rings. The fourth-order valence-corrected chi connectivity index (χ4v) is 3.05. The second-order valence-electron chi connectivity index (χ2n) is 6.67. The first-order valence-corrected chi connectivity index (χ1v) is 9.53. The van der Waals surface area contributed by atoms with Crippen molar-refractivity contribution in [3.63, 3.8) is 0 Å². The molecule has 0 aliphatic carbocycles. The lowest BCUT2D eigenvalue weighted by Crippen LogP contribution is -2.50. The van der Waals surface area contributed by atoms with Gasteiger partial charge in [-0.25, -0.2) is 9.78 Å². The molecule has 0 saturated carbocycles. The molecule has 8 nitrogen and oxygen atoms in total. The van der Waals surface area contributed by atoms with Crippen LogP contribution in [0.5, 0.6) is 0 Å². The van der Waals surface area contributed by atoms with Crippen LogP contribution in [0, 0.1) is 0 Å². The highest BCUT2D eigenvalue weighted by molar-refractivity contribution is 5.95. The van der Waals surface area contributed by atoms with E-state index in [2.05, 4.69) is 10.3 Å². The zero-order chi connectivity index (χ0) is 20.8. The summed E-state index contributed by atoms with van der Waals surface area (Å²) in [5, 5.41) is 3.18. The highest BCUT2D eigenvalue weighted by Gasteiger charge is 2.26. The van der Waals surface area contributed by atoms with Crippen LogP contribution in [0.1, 0.15) is 34.7 Å². The number of piperazine rings is 1. The predicted octanol–water partition coefficient (Wildman–Crippen LogP) is 2.94. The third-order valence-electron chi connectivity index (χ3n) is 4.63. The highest BCUT2D eigenvalue weighted by atomic mass is 16.6. The maximum absolute atomic E-state index is 12.7. The largest absolute Gasteiger partial charge is 0.450 e. The van der Waals surface area contributed by atoms with Gasteiger partial charge in [0, 0.05) is 37.4 Å². The molecular weight excluding hydrogens is 372 g/mol. The second kappa shape index (κ2) is 9.18. The van der Waals surface area contributed by atoms with Crippen LogP contribution in [-0.4, -0.2) is 65.4 Å². The van der Waals surface area contributed by atoms with Gasteiger partial charge in [0.1, 0.15) is 5.69 Å². The molecule has 0 bridgehead atoms. The molecule has 1 aliphatic heterocycles. The van der Waals surface area contributed by atoms with Crippen molar-refractivity contribution < 1.29 is 19.1 Å². The van der Waals surface area contributed by atoms with E-state index in [-0.39, 0.29) is 17.8 Å². The number of Topliss-reactive ketones (excluding diaryl/α,β-unsaturated/α-hetero) is 1. The van der Waals surface area contributed by atoms with Crippen molar-refractivity contribution in [1.82, 2.24) is 14.8 Å². The molecule has 2 amide bonds. The Balaban J connectivity index is 1.59. The molecule has 1 fully saturated rings. The molecule has 0 atom stereocenters. The summed E-state index contributed by atoms with van der Waals surface area (Å²) in [5.74, 6) is -0.172. The summed E-state index contributed by atoms with van der Waals surface area (Å²) in [6.45, 7) is 5.39. The van der Waals surface area contributed by atoms with E-state index in [4.69, 9.17) is 4.74 Å². The monoisotopic (exact) mass is 396 g/mol.